The molecular formula is C19H18N4O3S. The number of aromatic amines is 1. The molecule has 1 aliphatic heterocycles. The number of benzene rings is 1. The highest BCUT2D eigenvalue weighted by molar-refractivity contribution is 7.99. The maximum atomic E-state index is 12.7. The predicted molar refractivity (Wildman–Crippen MR) is 105 cm³/mol. The van der Waals surface area contributed by atoms with Gasteiger partial charge in [0, 0.05) is 18.0 Å². The fourth-order valence-electron chi connectivity index (χ4n) is 2.84. The molecule has 2 N–H and O–H groups in total. The van der Waals surface area contributed by atoms with E-state index >= 15 is 0 Å². The molecule has 138 valence electrons. The van der Waals surface area contributed by atoms with E-state index in [0.717, 1.165) is 17.9 Å². The van der Waals surface area contributed by atoms with E-state index in [9.17, 15) is 9.59 Å². The number of hydrogen-bond donors (Lipinski definition) is 2. The summed E-state index contributed by atoms with van der Waals surface area (Å²) in [5.74, 6) is 2.18. The Morgan fingerprint density at radius 2 is 2.11 bits per heavy atom. The second-order valence-corrected chi connectivity index (χ2v) is 7.24. The Morgan fingerprint density at radius 3 is 2.89 bits per heavy atom. The maximum Gasteiger partial charge on any atom is 0.273 e. The Balaban J connectivity index is 1.54. The summed E-state index contributed by atoms with van der Waals surface area (Å²) in [6.07, 6.45) is 2.60. The molecule has 2 aromatic heterocycles. The third kappa shape index (κ3) is 3.90. The lowest BCUT2D eigenvalue weighted by molar-refractivity contribution is 0.101. The topological polar surface area (TPSA) is 89.0 Å². The number of nitrogens with one attached hydrogen (secondary N) is 2. The molecule has 7 nitrogen and oxygen atoms in total. The zero-order valence-electron chi connectivity index (χ0n) is 14.4. The van der Waals surface area contributed by atoms with Crippen molar-refractivity contribution in [1.29, 1.82) is 0 Å². The number of hydrogen-bond acceptors (Lipinski definition) is 5. The van der Waals surface area contributed by atoms with Crippen LogP contribution in [-0.2, 0) is 0 Å². The number of amides is 1. The third-order valence-corrected chi connectivity index (χ3v) is 5.30. The lowest BCUT2D eigenvalue weighted by atomic mass is 10.2. The molecule has 0 saturated carbocycles. The zero-order chi connectivity index (χ0) is 18.6. The number of carbonyl (C=O) groups excluding carboxylic acids is 1. The number of pyridine rings is 1. The summed E-state index contributed by atoms with van der Waals surface area (Å²) in [7, 11) is 0. The van der Waals surface area contributed by atoms with Gasteiger partial charge in [-0.1, -0.05) is 18.2 Å². The van der Waals surface area contributed by atoms with Crippen molar-refractivity contribution in [2.75, 3.05) is 16.8 Å². The molecule has 0 spiro atoms. The molecule has 1 amide bonds. The van der Waals surface area contributed by atoms with E-state index < -0.39 is 0 Å². The summed E-state index contributed by atoms with van der Waals surface area (Å²) in [6, 6.07) is 13.8. The smallest absolute Gasteiger partial charge is 0.273 e. The van der Waals surface area contributed by atoms with E-state index in [1.807, 2.05) is 30.0 Å². The Labute approximate surface area is 159 Å². The van der Waals surface area contributed by atoms with Gasteiger partial charge in [-0.3, -0.25) is 14.7 Å². The standard InChI is InChI=1S/C19H18N4O3S/c24-17-11-16(22-23(17)13-5-2-1-3-6-13)21-18(25)15-7-4-9-20-19(15)26-14-8-10-27-12-14/h1-7,9,11,14,22H,8,10,12H2,(H,21,25)/t14-/m0/s1. The highest BCUT2D eigenvalue weighted by Gasteiger charge is 2.21. The van der Waals surface area contributed by atoms with Crippen LogP contribution < -0.4 is 15.6 Å². The molecule has 27 heavy (non-hydrogen) atoms. The van der Waals surface area contributed by atoms with Crippen LogP contribution in [0.1, 0.15) is 16.8 Å². The van der Waals surface area contributed by atoms with Gasteiger partial charge in [0.05, 0.1) is 5.69 Å². The van der Waals surface area contributed by atoms with Crippen molar-refractivity contribution in [1.82, 2.24) is 14.8 Å². The number of nitrogens with zero attached hydrogens (tertiary/aromatic N) is 2. The Bertz CT molecular complexity index is 993. The van der Waals surface area contributed by atoms with Crippen molar-refractivity contribution >= 4 is 23.5 Å². The van der Waals surface area contributed by atoms with Gasteiger partial charge in [-0.15, -0.1) is 0 Å². The first-order chi connectivity index (χ1) is 13.2. The van der Waals surface area contributed by atoms with Crippen LogP contribution in [0.2, 0.25) is 0 Å². The SMILES string of the molecule is O=C(Nc1cc(=O)n(-c2ccccc2)[nH]1)c1cccnc1O[C@H]1CCSC1. The van der Waals surface area contributed by atoms with Crippen LogP contribution in [0.4, 0.5) is 5.82 Å². The first-order valence-electron chi connectivity index (χ1n) is 8.59. The van der Waals surface area contributed by atoms with Crippen molar-refractivity contribution in [2.45, 2.75) is 12.5 Å². The Kier molecular flexibility index (Phi) is 4.97. The Hall–Kier alpha value is -3.00. The van der Waals surface area contributed by atoms with E-state index in [1.165, 1.54) is 10.7 Å². The van der Waals surface area contributed by atoms with Crippen molar-refractivity contribution in [3.8, 4) is 11.6 Å². The summed E-state index contributed by atoms with van der Waals surface area (Å²) in [5, 5.41) is 5.61. The number of ether oxygens (including phenoxy) is 1. The Morgan fingerprint density at radius 1 is 1.26 bits per heavy atom. The normalized spacial score (nSPS) is 16.2. The monoisotopic (exact) mass is 382 g/mol. The molecule has 8 heteroatoms. The molecular weight excluding hydrogens is 364 g/mol. The van der Waals surface area contributed by atoms with Crippen LogP contribution in [0.5, 0.6) is 5.88 Å². The van der Waals surface area contributed by atoms with Gasteiger partial charge in [-0.2, -0.15) is 11.8 Å². The van der Waals surface area contributed by atoms with Gasteiger partial charge in [-0.05, 0) is 36.4 Å². The molecule has 1 saturated heterocycles. The van der Waals surface area contributed by atoms with Gasteiger partial charge in [0.25, 0.3) is 11.5 Å². The first-order valence-corrected chi connectivity index (χ1v) is 9.74. The van der Waals surface area contributed by atoms with E-state index in [4.69, 9.17) is 4.74 Å². The summed E-state index contributed by atoms with van der Waals surface area (Å²) in [6.45, 7) is 0. The number of thioether (sulfide) groups is 1. The van der Waals surface area contributed by atoms with Gasteiger partial charge in [0.1, 0.15) is 17.5 Å². The van der Waals surface area contributed by atoms with E-state index in [1.54, 1.807) is 30.5 Å². The van der Waals surface area contributed by atoms with Crippen molar-refractivity contribution in [3.05, 3.63) is 70.6 Å². The fraction of sp³-hybridized carbons (Fsp3) is 0.211. The van der Waals surface area contributed by atoms with Crippen LogP contribution in [0.25, 0.3) is 5.69 Å². The first kappa shape index (κ1) is 17.4. The molecule has 1 fully saturated rings. The van der Waals surface area contributed by atoms with Gasteiger partial charge in [0.15, 0.2) is 0 Å². The third-order valence-electron chi connectivity index (χ3n) is 4.17. The zero-order valence-corrected chi connectivity index (χ0v) is 15.2. The number of carbonyl (C=O) groups is 1. The van der Waals surface area contributed by atoms with Crippen LogP contribution in [-0.4, -0.2) is 38.3 Å². The minimum Gasteiger partial charge on any atom is -0.473 e. The van der Waals surface area contributed by atoms with Gasteiger partial charge >= 0.3 is 0 Å². The number of aromatic nitrogens is 3. The number of para-hydroxylation sites is 1. The second kappa shape index (κ2) is 7.71. The molecule has 0 aliphatic carbocycles. The lowest BCUT2D eigenvalue weighted by Gasteiger charge is -2.14. The van der Waals surface area contributed by atoms with E-state index in [2.05, 4.69) is 15.4 Å². The second-order valence-electron chi connectivity index (χ2n) is 6.09. The fourth-order valence-corrected chi connectivity index (χ4v) is 3.93. The number of anilines is 1. The molecule has 0 bridgehead atoms. The number of H-pyrrole nitrogens is 1. The van der Waals surface area contributed by atoms with Crippen LogP contribution in [0.15, 0.2) is 59.5 Å². The molecule has 4 rings (SSSR count). The predicted octanol–water partition coefficient (Wildman–Crippen LogP) is 2.70. The minimum atomic E-state index is -0.384. The molecule has 1 aromatic carbocycles. The highest BCUT2D eigenvalue weighted by Crippen LogP contribution is 2.24. The minimum absolute atomic E-state index is 0.0652. The van der Waals surface area contributed by atoms with Crippen molar-refractivity contribution in [3.63, 3.8) is 0 Å². The molecule has 0 radical (unpaired) electrons. The van der Waals surface area contributed by atoms with Crippen LogP contribution in [0.3, 0.4) is 0 Å². The van der Waals surface area contributed by atoms with Gasteiger partial charge in [0.2, 0.25) is 5.88 Å². The van der Waals surface area contributed by atoms with E-state index in [-0.39, 0.29) is 17.6 Å². The summed E-state index contributed by atoms with van der Waals surface area (Å²) < 4.78 is 7.26. The largest absolute Gasteiger partial charge is 0.473 e. The van der Waals surface area contributed by atoms with E-state index in [0.29, 0.717) is 22.9 Å². The van der Waals surface area contributed by atoms with Gasteiger partial charge in [-0.25, -0.2) is 9.67 Å². The molecule has 0 unspecified atom stereocenters. The molecule has 1 aliphatic rings. The lowest BCUT2D eigenvalue weighted by Crippen LogP contribution is -2.20. The van der Waals surface area contributed by atoms with Gasteiger partial charge < -0.3 is 10.1 Å². The highest BCUT2D eigenvalue weighted by atomic mass is 32.2. The summed E-state index contributed by atoms with van der Waals surface area (Å²) >= 11 is 1.82. The average Bonchev–Trinajstić information content (AvgIpc) is 3.32. The number of rotatable bonds is 5. The molecule has 3 heterocycles. The van der Waals surface area contributed by atoms with Crippen LogP contribution in [0, 0.1) is 0 Å². The molecule has 3 aromatic rings. The van der Waals surface area contributed by atoms with Crippen molar-refractivity contribution < 1.29 is 9.53 Å². The quantitative estimate of drug-likeness (QED) is 0.708. The summed E-state index contributed by atoms with van der Waals surface area (Å²) in [5.41, 5.74) is 0.761. The average molecular weight is 382 g/mol. The molecule has 1 atom stereocenters. The summed E-state index contributed by atoms with van der Waals surface area (Å²) in [4.78, 5) is 29.1. The maximum absolute atomic E-state index is 12.7. The van der Waals surface area contributed by atoms with Crippen LogP contribution >= 0.6 is 11.8 Å². The van der Waals surface area contributed by atoms with Crippen molar-refractivity contribution in [2.24, 2.45) is 0 Å².